The van der Waals surface area contributed by atoms with Gasteiger partial charge in [-0.1, -0.05) is 32.4 Å². The molecule has 1 aromatic rings. The van der Waals surface area contributed by atoms with Crippen LogP contribution in [0.15, 0.2) is 0 Å². The third-order valence-corrected chi connectivity index (χ3v) is 3.40. The zero-order chi connectivity index (χ0) is 13.9. The van der Waals surface area contributed by atoms with Gasteiger partial charge in [0.05, 0.1) is 22.5 Å². The van der Waals surface area contributed by atoms with E-state index in [2.05, 4.69) is 10.4 Å². The predicted octanol–water partition coefficient (Wildman–Crippen LogP) is 1.24. The molecule has 102 valence electrons. The first-order valence-electron chi connectivity index (χ1n) is 6.11. The van der Waals surface area contributed by atoms with Crippen LogP contribution in [-0.2, 0) is 24.8 Å². The number of hydrogen-bond donors (Lipinski definition) is 2. The minimum atomic E-state index is -0.360. The first-order chi connectivity index (χ1) is 8.38. The van der Waals surface area contributed by atoms with E-state index in [9.17, 15) is 4.79 Å². The number of hydrogen-bond acceptors (Lipinski definition) is 3. The van der Waals surface area contributed by atoms with Gasteiger partial charge in [-0.05, 0) is 12.3 Å². The molecule has 1 aromatic heterocycles. The van der Waals surface area contributed by atoms with Crippen molar-refractivity contribution in [2.75, 3.05) is 0 Å². The van der Waals surface area contributed by atoms with Gasteiger partial charge < -0.3 is 5.73 Å². The predicted molar refractivity (Wildman–Crippen MR) is 72.3 cm³/mol. The molecule has 0 fully saturated rings. The van der Waals surface area contributed by atoms with E-state index in [1.807, 2.05) is 27.8 Å². The normalized spacial score (nSPS) is 13.0. The average molecular weight is 273 g/mol. The van der Waals surface area contributed by atoms with E-state index >= 15 is 0 Å². The summed E-state index contributed by atoms with van der Waals surface area (Å²) in [4.78, 5) is 11.3. The van der Waals surface area contributed by atoms with Crippen molar-refractivity contribution in [3.05, 3.63) is 16.4 Å². The number of amides is 1. The molecule has 0 radical (unpaired) electrons. The number of carbonyl (C=O) groups is 1. The molecular formula is C12H21ClN4O. The molecule has 0 bridgehead atoms. The Morgan fingerprint density at radius 2 is 2.17 bits per heavy atom. The van der Waals surface area contributed by atoms with Gasteiger partial charge in [0.25, 0.3) is 0 Å². The number of nitrogens with zero attached hydrogens (tertiary/aromatic N) is 2. The largest absolute Gasteiger partial charge is 0.368 e. The number of primary amides is 1. The van der Waals surface area contributed by atoms with Crippen LogP contribution >= 0.6 is 11.6 Å². The molecule has 0 saturated carbocycles. The van der Waals surface area contributed by atoms with Crippen LogP contribution in [0.3, 0.4) is 0 Å². The molecule has 5 nitrogen and oxygen atoms in total. The highest BCUT2D eigenvalue weighted by Crippen LogP contribution is 2.20. The van der Waals surface area contributed by atoms with Crippen LogP contribution in [0.1, 0.15) is 32.2 Å². The number of halogens is 1. The molecule has 0 aromatic carbocycles. The monoisotopic (exact) mass is 272 g/mol. The van der Waals surface area contributed by atoms with Crippen LogP contribution in [-0.4, -0.2) is 21.7 Å². The summed E-state index contributed by atoms with van der Waals surface area (Å²) in [7, 11) is 1.84. The second-order valence-electron chi connectivity index (χ2n) is 4.69. The Morgan fingerprint density at radius 1 is 1.56 bits per heavy atom. The first kappa shape index (κ1) is 15.0. The second kappa shape index (κ2) is 6.20. The third-order valence-electron chi connectivity index (χ3n) is 2.97. The second-order valence-corrected chi connectivity index (χ2v) is 5.07. The molecular weight excluding hydrogens is 252 g/mol. The van der Waals surface area contributed by atoms with E-state index in [-0.39, 0.29) is 17.9 Å². The number of nitrogens with one attached hydrogen (secondary N) is 1. The number of rotatable bonds is 6. The van der Waals surface area contributed by atoms with Crippen LogP contribution in [0.4, 0.5) is 0 Å². The molecule has 6 heteroatoms. The van der Waals surface area contributed by atoms with Gasteiger partial charge in [0, 0.05) is 13.6 Å². The highest BCUT2D eigenvalue weighted by atomic mass is 35.5. The molecule has 1 rings (SSSR count). The zero-order valence-electron chi connectivity index (χ0n) is 11.3. The summed E-state index contributed by atoms with van der Waals surface area (Å²) in [5.74, 6) is -0.209. The summed E-state index contributed by atoms with van der Waals surface area (Å²) in [5, 5.41) is 8.13. The van der Waals surface area contributed by atoms with E-state index in [0.717, 1.165) is 17.8 Å². The van der Waals surface area contributed by atoms with E-state index in [1.54, 1.807) is 4.68 Å². The molecule has 1 heterocycles. The van der Waals surface area contributed by atoms with Crippen LogP contribution in [0.5, 0.6) is 0 Å². The average Bonchev–Trinajstić information content (AvgIpc) is 2.55. The minimum absolute atomic E-state index is 0.139. The van der Waals surface area contributed by atoms with Crippen molar-refractivity contribution in [3.8, 4) is 0 Å². The third kappa shape index (κ3) is 3.23. The summed E-state index contributed by atoms with van der Waals surface area (Å²) in [6.07, 6.45) is 0.788. The highest BCUT2D eigenvalue weighted by Gasteiger charge is 2.20. The van der Waals surface area contributed by atoms with Gasteiger partial charge in [0.1, 0.15) is 0 Å². The van der Waals surface area contributed by atoms with E-state index in [4.69, 9.17) is 17.3 Å². The molecule has 1 atom stereocenters. The van der Waals surface area contributed by atoms with Crippen molar-refractivity contribution in [2.24, 2.45) is 18.7 Å². The SMILES string of the molecule is CCc1nn(C)c(CNC(C(N)=O)C(C)C)c1Cl. The fraction of sp³-hybridized carbons (Fsp3) is 0.667. The summed E-state index contributed by atoms with van der Waals surface area (Å²) in [5.41, 5.74) is 7.10. The summed E-state index contributed by atoms with van der Waals surface area (Å²) in [6.45, 7) is 6.38. The molecule has 3 N–H and O–H groups in total. The molecule has 1 amide bonds. The van der Waals surface area contributed by atoms with Gasteiger partial charge in [0.15, 0.2) is 0 Å². The van der Waals surface area contributed by atoms with E-state index in [0.29, 0.717) is 11.6 Å². The Hall–Kier alpha value is -1.07. The molecule has 0 spiro atoms. The molecule has 0 aliphatic rings. The van der Waals surface area contributed by atoms with E-state index < -0.39 is 0 Å². The van der Waals surface area contributed by atoms with Crippen LogP contribution in [0, 0.1) is 5.92 Å². The lowest BCUT2D eigenvalue weighted by Gasteiger charge is -2.19. The lowest BCUT2D eigenvalue weighted by Crippen LogP contribution is -2.44. The van der Waals surface area contributed by atoms with Crippen molar-refractivity contribution < 1.29 is 4.79 Å². The van der Waals surface area contributed by atoms with Crippen molar-refractivity contribution >= 4 is 17.5 Å². The standard InChI is InChI=1S/C12H21ClN4O/c1-5-8-10(13)9(17(4)16-8)6-15-11(7(2)3)12(14)18/h7,11,15H,5-6H2,1-4H3,(H2,14,18). The van der Waals surface area contributed by atoms with Gasteiger partial charge in [-0.3, -0.25) is 14.8 Å². The Labute approximate surface area is 113 Å². The Bertz CT molecular complexity index is 428. The van der Waals surface area contributed by atoms with Gasteiger partial charge in [-0.15, -0.1) is 0 Å². The molecule has 18 heavy (non-hydrogen) atoms. The fourth-order valence-corrected chi connectivity index (χ4v) is 2.24. The Kier molecular flexibility index (Phi) is 5.16. The van der Waals surface area contributed by atoms with Crippen molar-refractivity contribution in [2.45, 2.75) is 39.8 Å². The zero-order valence-corrected chi connectivity index (χ0v) is 12.1. The van der Waals surface area contributed by atoms with Crippen LogP contribution < -0.4 is 11.1 Å². The summed E-state index contributed by atoms with van der Waals surface area (Å²) >= 11 is 6.23. The topological polar surface area (TPSA) is 72.9 Å². The first-order valence-corrected chi connectivity index (χ1v) is 6.49. The minimum Gasteiger partial charge on any atom is -0.368 e. The van der Waals surface area contributed by atoms with E-state index in [1.165, 1.54) is 0 Å². The van der Waals surface area contributed by atoms with Gasteiger partial charge in [-0.25, -0.2) is 0 Å². The molecule has 0 aliphatic carbocycles. The van der Waals surface area contributed by atoms with Gasteiger partial charge in [-0.2, -0.15) is 5.10 Å². The number of nitrogens with two attached hydrogens (primary N) is 1. The Balaban J connectivity index is 2.79. The quantitative estimate of drug-likeness (QED) is 0.818. The fourth-order valence-electron chi connectivity index (χ4n) is 1.88. The number of carbonyl (C=O) groups excluding carboxylic acids is 1. The maximum Gasteiger partial charge on any atom is 0.234 e. The number of aromatic nitrogens is 2. The van der Waals surface area contributed by atoms with Crippen LogP contribution in [0.25, 0.3) is 0 Å². The van der Waals surface area contributed by atoms with Crippen molar-refractivity contribution in [3.63, 3.8) is 0 Å². The molecule has 0 saturated heterocycles. The number of aryl methyl sites for hydroxylation is 2. The summed E-state index contributed by atoms with van der Waals surface area (Å²) in [6, 6.07) is -0.360. The van der Waals surface area contributed by atoms with Crippen molar-refractivity contribution in [1.82, 2.24) is 15.1 Å². The molecule has 0 aliphatic heterocycles. The smallest absolute Gasteiger partial charge is 0.234 e. The van der Waals surface area contributed by atoms with Gasteiger partial charge >= 0.3 is 0 Å². The highest BCUT2D eigenvalue weighted by molar-refractivity contribution is 6.31. The van der Waals surface area contributed by atoms with Crippen molar-refractivity contribution in [1.29, 1.82) is 0 Å². The molecule has 1 unspecified atom stereocenters. The maximum atomic E-state index is 11.3. The lowest BCUT2D eigenvalue weighted by molar-refractivity contribution is -0.121. The van der Waals surface area contributed by atoms with Gasteiger partial charge in [0.2, 0.25) is 5.91 Å². The van der Waals surface area contributed by atoms with Crippen LogP contribution in [0.2, 0.25) is 5.02 Å². The summed E-state index contributed by atoms with van der Waals surface area (Å²) < 4.78 is 1.74. The lowest BCUT2D eigenvalue weighted by atomic mass is 10.0. The maximum absolute atomic E-state index is 11.3. The Morgan fingerprint density at radius 3 is 2.56 bits per heavy atom.